The number of aryl methyl sites for hydroxylation is 1. The van der Waals surface area contributed by atoms with E-state index in [1.54, 1.807) is 13.1 Å². The largest absolute Gasteiger partial charge is 0.487 e. The maximum atomic E-state index is 12.5. The number of amides is 1. The Balaban J connectivity index is 1.38. The third-order valence-electron chi connectivity index (χ3n) is 7.99. The number of hydrogen-bond acceptors (Lipinski definition) is 6. The van der Waals surface area contributed by atoms with Gasteiger partial charge in [-0.05, 0) is 68.0 Å². The molecule has 2 aromatic carbocycles. The van der Waals surface area contributed by atoms with Crippen LogP contribution in [0.5, 0.6) is 5.75 Å². The Morgan fingerprint density at radius 2 is 2.08 bits per heavy atom. The summed E-state index contributed by atoms with van der Waals surface area (Å²) >= 11 is 0. The van der Waals surface area contributed by atoms with Gasteiger partial charge in [0, 0.05) is 54.8 Å². The second kappa shape index (κ2) is 10.4. The second-order valence-corrected chi connectivity index (χ2v) is 10.7. The van der Waals surface area contributed by atoms with Crippen LogP contribution in [-0.4, -0.2) is 52.2 Å². The maximum Gasteiger partial charge on any atom is 0.298 e. The average Bonchev–Trinajstić information content (AvgIpc) is 3.44. The molecule has 2 aliphatic heterocycles. The highest BCUT2D eigenvalue weighted by Crippen LogP contribution is 2.46. The van der Waals surface area contributed by atoms with E-state index in [0.29, 0.717) is 24.5 Å². The summed E-state index contributed by atoms with van der Waals surface area (Å²) in [6, 6.07) is 16.2. The molecule has 4 heterocycles. The average molecular weight is 531 g/mol. The Morgan fingerprint density at radius 1 is 1.20 bits per heavy atom. The first kappa shape index (κ1) is 25.5. The summed E-state index contributed by atoms with van der Waals surface area (Å²) in [5, 5.41) is 18.8. The normalized spacial score (nSPS) is 15.7. The summed E-state index contributed by atoms with van der Waals surface area (Å²) in [7, 11) is 0. The van der Waals surface area contributed by atoms with Gasteiger partial charge in [0.1, 0.15) is 18.4 Å². The van der Waals surface area contributed by atoms with Crippen molar-refractivity contribution in [1.82, 2.24) is 20.1 Å². The van der Waals surface area contributed by atoms with Crippen LogP contribution in [0.25, 0.3) is 22.0 Å². The van der Waals surface area contributed by atoms with Gasteiger partial charge in [-0.15, -0.1) is 0 Å². The van der Waals surface area contributed by atoms with Crippen molar-refractivity contribution in [3.8, 4) is 34.8 Å². The number of aromatic nitrogens is 3. The van der Waals surface area contributed by atoms with Gasteiger partial charge in [-0.25, -0.2) is 0 Å². The van der Waals surface area contributed by atoms with Crippen LogP contribution in [0.4, 0.5) is 5.69 Å². The number of H-pyrrole nitrogens is 1. The second-order valence-electron chi connectivity index (χ2n) is 10.7. The van der Waals surface area contributed by atoms with Gasteiger partial charge in [0.25, 0.3) is 5.91 Å². The Morgan fingerprint density at radius 3 is 2.85 bits per heavy atom. The van der Waals surface area contributed by atoms with E-state index in [2.05, 4.69) is 44.9 Å². The van der Waals surface area contributed by atoms with Crippen LogP contribution in [0.2, 0.25) is 0 Å². The first-order valence-corrected chi connectivity index (χ1v) is 13.5. The minimum absolute atomic E-state index is 0.00152. The fourth-order valence-corrected chi connectivity index (χ4v) is 6.13. The number of anilines is 1. The third-order valence-corrected chi connectivity index (χ3v) is 7.99. The van der Waals surface area contributed by atoms with Crippen LogP contribution in [0.1, 0.15) is 36.6 Å². The van der Waals surface area contributed by atoms with Crippen molar-refractivity contribution >= 4 is 22.5 Å². The van der Waals surface area contributed by atoms with Crippen molar-refractivity contribution in [1.29, 1.82) is 5.26 Å². The quantitative estimate of drug-likeness (QED) is 0.371. The van der Waals surface area contributed by atoms with Gasteiger partial charge >= 0.3 is 0 Å². The Kier molecular flexibility index (Phi) is 6.61. The molecule has 2 aromatic heterocycles. The summed E-state index contributed by atoms with van der Waals surface area (Å²) < 4.78 is 6.27. The van der Waals surface area contributed by atoms with E-state index < -0.39 is 0 Å². The molecule has 0 radical (unpaired) electrons. The lowest BCUT2D eigenvalue weighted by Crippen LogP contribution is -2.63. The van der Waals surface area contributed by atoms with Gasteiger partial charge < -0.3 is 14.5 Å². The zero-order chi connectivity index (χ0) is 27.7. The molecule has 0 unspecified atom stereocenters. The molecule has 2 fully saturated rings. The number of nitrogens with one attached hydrogen (secondary N) is 1. The number of aromatic amines is 1. The number of rotatable bonds is 5. The fourth-order valence-electron chi connectivity index (χ4n) is 6.13. The van der Waals surface area contributed by atoms with E-state index in [4.69, 9.17) is 4.74 Å². The van der Waals surface area contributed by atoms with Crippen LogP contribution in [0.3, 0.4) is 0 Å². The SMILES string of the molecule is CC#CC(=O)N1CCCC2(C1)CN(c1cc(OCc3ccccn3)cc(-c3c(C)ccc4[nH]ncc34)c1C#N)C2. The van der Waals surface area contributed by atoms with Crippen LogP contribution in [-0.2, 0) is 11.4 Å². The smallest absolute Gasteiger partial charge is 0.298 e. The first-order chi connectivity index (χ1) is 19.5. The summed E-state index contributed by atoms with van der Waals surface area (Å²) in [4.78, 5) is 21.0. The molecule has 1 N–H and O–H groups in total. The number of likely N-dealkylation sites (tertiary alicyclic amines) is 1. The molecule has 8 heteroatoms. The van der Waals surface area contributed by atoms with E-state index in [0.717, 1.165) is 71.5 Å². The molecule has 0 aliphatic carbocycles. The van der Waals surface area contributed by atoms with E-state index in [9.17, 15) is 10.1 Å². The van der Waals surface area contributed by atoms with E-state index in [-0.39, 0.29) is 11.3 Å². The summed E-state index contributed by atoms with van der Waals surface area (Å²) in [5.41, 5.74) is 6.04. The van der Waals surface area contributed by atoms with Crippen molar-refractivity contribution in [2.45, 2.75) is 33.3 Å². The number of carbonyl (C=O) groups excluding carboxylic acids is 1. The number of piperidine rings is 1. The summed E-state index contributed by atoms with van der Waals surface area (Å²) in [6.07, 6.45) is 5.56. The lowest BCUT2D eigenvalue weighted by Gasteiger charge is -2.55. The number of nitrogens with zero attached hydrogens (tertiary/aromatic N) is 5. The van der Waals surface area contributed by atoms with Gasteiger partial charge in [0.15, 0.2) is 0 Å². The van der Waals surface area contributed by atoms with Crippen LogP contribution < -0.4 is 9.64 Å². The molecule has 2 saturated heterocycles. The molecule has 8 nitrogen and oxygen atoms in total. The van der Waals surface area contributed by atoms with Crippen LogP contribution >= 0.6 is 0 Å². The van der Waals surface area contributed by atoms with E-state index in [1.165, 1.54) is 0 Å². The number of benzene rings is 2. The molecular weight excluding hydrogens is 500 g/mol. The third kappa shape index (κ3) is 4.63. The maximum absolute atomic E-state index is 12.5. The predicted octanol–water partition coefficient (Wildman–Crippen LogP) is 4.84. The molecule has 0 bridgehead atoms. The zero-order valence-corrected chi connectivity index (χ0v) is 22.7. The minimum atomic E-state index is -0.103. The molecule has 0 atom stereocenters. The number of hydrogen-bond donors (Lipinski definition) is 1. The highest BCUT2D eigenvalue weighted by molar-refractivity contribution is 5.99. The lowest BCUT2D eigenvalue weighted by molar-refractivity contribution is -0.129. The van der Waals surface area contributed by atoms with Gasteiger partial charge in [0.05, 0.1) is 28.7 Å². The first-order valence-electron chi connectivity index (χ1n) is 13.5. The van der Waals surface area contributed by atoms with Crippen molar-refractivity contribution in [3.05, 3.63) is 71.7 Å². The van der Waals surface area contributed by atoms with Gasteiger partial charge in [-0.1, -0.05) is 18.1 Å². The van der Waals surface area contributed by atoms with E-state index >= 15 is 0 Å². The Labute approximate surface area is 233 Å². The molecule has 6 rings (SSSR count). The monoisotopic (exact) mass is 530 g/mol. The molecule has 1 amide bonds. The van der Waals surface area contributed by atoms with Crippen molar-refractivity contribution < 1.29 is 9.53 Å². The molecular formula is C32H30N6O2. The summed E-state index contributed by atoms with van der Waals surface area (Å²) in [6.45, 7) is 7.03. The molecule has 0 saturated carbocycles. The number of carbonyl (C=O) groups is 1. The topological polar surface area (TPSA) is 98.1 Å². The van der Waals surface area contributed by atoms with Gasteiger partial charge in [-0.3, -0.25) is 14.9 Å². The van der Waals surface area contributed by atoms with Crippen molar-refractivity contribution in [2.24, 2.45) is 5.41 Å². The molecule has 200 valence electrons. The number of fused-ring (bicyclic) bond motifs is 1. The van der Waals surface area contributed by atoms with Gasteiger partial charge in [-0.2, -0.15) is 10.4 Å². The lowest BCUT2D eigenvalue weighted by atomic mass is 9.72. The predicted molar refractivity (Wildman–Crippen MR) is 153 cm³/mol. The number of ether oxygens (including phenoxy) is 1. The molecule has 1 spiro atoms. The fraction of sp³-hybridized carbons (Fsp3) is 0.312. The number of pyridine rings is 1. The highest BCUT2D eigenvalue weighted by atomic mass is 16.5. The highest BCUT2D eigenvalue weighted by Gasteiger charge is 2.47. The number of nitriles is 1. The van der Waals surface area contributed by atoms with Gasteiger partial charge in [0.2, 0.25) is 0 Å². The van der Waals surface area contributed by atoms with Crippen molar-refractivity contribution in [2.75, 3.05) is 31.1 Å². The van der Waals surface area contributed by atoms with E-state index in [1.807, 2.05) is 53.6 Å². The standard InChI is InChI=1S/C32H30N6O2/c1-3-7-30(39)37-13-6-11-32(19-37)20-38(21-32)29-15-24(40-18-23-8-4-5-12-34-23)14-25(26(29)16-33)31-22(2)9-10-28-27(31)17-35-36-28/h4-5,8-10,12,14-15,17H,6,11,13,18-21H2,1-2H3,(H,35,36). The minimum Gasteiger partial charge on any atom is -0.487 e. The Hall–Kier alpha value is -4.82. The summed E-state index contributed by atoms with van der Waals surface area (Å²) in [5.74, 6) is 6.00. The van der Waals surface area contributed by atoms with Crippen LogP contribution in [0, 0.1) is 35.5 Å². The molecule has 2 aliphatic rings. The Bertz CT molecular complexity index is 1690. The van der Waals surface area contributed by atoms with Crippen molar-refractivity contribution in [3.63, 3.8) is 0 Å². The molecule has 40 heavy (non-hydrogen) atoms. The molecule has 4 aromatic rings. The zero-order valence-electron chi connectivity index (χ0n) is 22.7. The van der Waals surface area contributed by atoms with Crippen LogP contribution in [0.15, 0.2) is 54.9 Å².